The highest BCUT2D eigenvalue weighted by molar-refractivity contribution is 5.01. The number of halogens is 2. The van der Waals surface area contributed by atoms with E-state index in [1.807, 2.05) is 4.98 Å². The number of alkyl halides is 2. The van der Waals surface area contributed by atoms with Crippen LogP contribution in [0.25, 0.3) is 0 Å². The molecule has 3 atom stereocenters. The molecule has 0 unspecified atom stereocenters. The lowest BCUT2D eigenvalue weighted by molar-refractivity contribution is -0.140. The Kier molecular flexibility index (Phi) is 3.10. The lowest BCUT2D eigenvalue weighted by Crippen LogP contribution is -2.40. The van der Waals surface area contributed by atoms with E-state index in [2.05, 4.69) is 0 Å². The average molecular weight is 276 g/mol. The quantitative estimate of drug-likeness (QED) is 0.801. The van der Waals surface area contributed by atoms with Crippen LogP contribution >= 0.6 is 0 Å². The van der Waals surface area contributed by atoms with Crippen LogP contribution in [0.1, 0.15) is 20.1 Å². The van der Waals surface area contributed by atoms with Crippen LogP contribution in [0.5, 0.6) is 0 Å². The molecular formula is C11H14F2N2O4. The van der Waals surface area contributed by atoms with Crippen molar-refractivity contribution in [2.75, 3.05) is 6.61 Å². The van der Waals surface area contributed by atoms with Gasteiger partial charge in [0.15, 0.2) is 0 Å². The van der Waals surface area contributed by atoms with E-state index in [9.17, 15) is 23.5 Å². The lowest BCUT2D eigenvalue weighted by atomic mass is 9.89. The number of aliphatic hydroxyl groups is 1. The summed E-state index contributed by atoms with van der Waals surface area (Å²) in [6.45, 7) is 1.99. The molecule has 1 saturated heterocycles. The van der Waals surface area contributed by atoms with Gasteiger partial charge in [0.1, 0.15) is 0 Å². The van der Waals surface area contributed by atoms with E-state index in [1.54, 1.807) is 0 Å². The molecule has 8 heteroatoms. The normalized spacial score (nSPS) is 33.5. The molecule has 6 nitrogen and oxygen atoms in total. The van der Waals surface area contributed by atoms with E-state index in [1.165, 1.54) is 13.8 Å². The molecule has 0 aromatic carbocycles. The Hall–Kier alpha value is -1.54. The second-order valence-electron chi connectivity index (χ2n) is 4.85. The Balaban J connectivity index is 2.51. The fourth-order valence-corrected chi connectivity index (χ4v) is 2.08. The number of nitrogens with one attached hydrogen (secondary N) is 1. The minimum absolute atomic E-state index is 0.599. The molecule has 0 amide bonds. The first-order valence-electron chi connectivity index (χ1n) is 5.70. The Labute approximate surface area is 106 Å². The van der Waals surface area contributed by atoms with Crippen molar-refractivity contribution in [3.63, 3.8) is 0 Å². The van der Waals surface area contributed by atoms with E-state index in [0.29, 0.717) is 4.57 Å². The third kappa shape index (κ3) is 2.00. The van der Waals surface area contributed by atoms with Crippen molar-refractivity contribution in [2.45, 2.75) is 31.6 Å². The molecule has 2 N–H and O–H groups in total. The number of H-pyrrole nitrogens is 1. The summed E-state index contributed by atoms with van der Waals surface area (Å²) in [4.78, 5) is 24.4. The standard InChI is InChI=1S/C11H14F2N2O4/c1-6-10(2,5-16)19-8(11(6,12)13)15-4-3-7(17)14-9(15)18/h3-4,6,8,16H,5H2,1-2H3,(H,14,17,18)/t6-,8-,10-/m1/s1. The minimum Gasteiger partial charge on any atom is -0.393 e. The Morgan fingerprint density at radius 1 is 1.53 bits per heavy atom. The third-order valence-corrected chi connectivity index (χ3v) is 3.62. The predicted molar refractivity (Wildman–Crippen MR) is 61.0 cm³/mol. The number of nitrogens with zero attached hydrogens (tertiary/aromatic N) is 1. The number of rotatable bonds is 2. The van der Waals surface area contributed by atoms with Crippen molar-refractivity contribution in [3.05, 3.63) is 33.1 Å². The number of aromatic amines is 1. The van der Waals surface area contributed by atoms with E-state index in [-0.39, 0.29) is 0 Å². The number of hydrogen-bond acceptors (Lipinski definition) is 4. The van der Waals surface area contributed by atoms with Crippen LogP contribution in [0.2, 0.25) is 0 Å². The van der Waals surface area contributed by atoms with Crippen molar-refractivity contribution in [3.8, 4) is 0 Å². The van der Waals surface area contributed by atoms with Crippen molar-refractivity contribution in [1.29, 1.82) is 0 Å². The van der Waals surface area contributed by atoms with Gasteiger partial charge >= 0.3 is 5.69 Å². The van der Waals surface area contributed by atoms with Gasteiger partial charge in [0.25, 0.3) is 11.5 Å². The summed E-state index contributed by atoms with van der Waals surface area (Å²) in [6, 6.07) is 0.958. The van der Waals surface area contributed by atoms with Crippen LogP contribution in [-0.2, 0) is 4.74 Å². The third-order valence-electron chi connectivity index (χ3n) is 3.62. The highest BCUT2D eigenvalue weighted by Gasteiger charge is 2.62. The summed E-state index contributed by atoms with van der Waals surface area (Å²) in [5.41, 5.74) is -3.11. The Morgan fingerprint density at radius 3 is 2.63 bits per heavy atom. The predicted octanol–water partition coefficient (Wildman–Crippen LogP) is 0.0878. The summed E-state index contributed by atoms with van der Waals surface area (Å²) in [5.74, 6) is -4.63. The first-order valence-corrected chi connectivity index (χ1v) is 5.70. The van der Waals surface area contributed by atoms with E-state index >= 15 is 0 Å². The summed E-state index contributed by atoms with van der Waals surface area (Å²) in [6.07, 6.45) is -0.903. The summed E-state index contributed by atoms with van der Waals surface area (Å²) >= 11 is 0. The molecule has 0 aliphatic carbocycles. The molecule has 1 fully saturated rings. The maximum absolute atomic E-state index is 14.2. The highest BCUT2D eigenvalue weighted by atomic mass is 19.3. The van der Waals surface area contributed by atoms with Gasteiger partial charge in [0, 0.05) is 12.3 Å². The molecule has 0 spiro atoms. The molecule has 1 aliphatic rings. The summed E-state index contributed by atoms with van der Waals surface area (Å²) in [7, 11) is 0. The van der Waals surface area contributed by atoms with Crippen LogP contribution in [0, 0.1) is 5.92 Å². The smallest absolute Gasteiger partial charge is 0.330 e. The lowest BCUT2D eigenvalue weighted by Gasteiger charge is -2.25. The Morgan fingerprint density at radius 2 is 2.16 bits per heavy atom. The van der Waals surface area contributed by atoms with E-state index in [4.69, 9.17) is 4.74 Å². The molecular weight excluding hydrogens is 262 g/mol. The second kappa shape index (κ2) is 4.24. The zero-order chi connectivity index (χ0) is 14.4. The molecule has 106 valence electrons. The van der Waals surface area contributed by atoms with Crippen LogP contribution in [0.15, 0.2) is 21.9 Å². The summed E-state index contributed by atoms with van der Waals surface area (Å²) < 4.78 is 34.1. The number of hydrogen-bond donors (Lipinski definition) is 2. The molecule has 0 bridgehead atoms. The number of aromatic nitrogens is 2. The van der Waals surface area contributed by atoms with Gasteiger partial charge in [-0.1, -0.05) is 6.92 Å². The maximum Gasteiger partial charge on any atom is 0.330 e. The zero-order valence-corrected chi connectivity index (χ0v) is 10.4. The molecule has 1 aromatic rings. The van der Waals surface area contributed by atoms with Crippen LogP contribution in [-0.4, -0.2) is 32.8 Å². The first-order chi connectivity index (χ1) is 8.72. The molecule has 19 heavy (non-hydrogen) atoms. The highest BCUT2D eigenvalue weighted by Crippen LogP contribution is 2.51. The van der Waals surface area contributed by atoms with Crippen molar-refractivity contribution in [1.82, 2.24) is 9.55 Å². The van der Waals surface area contributed by atoms with Crippen LogP contribution in [0.3, 0.4) is 0 Å². The fraction of sp³-hybridized carbons (Fsp3) is 0.636. The molecule has 2 rings (SSSR count). The second-order valence-corrected chi connectivity index (χ2v) is 4.85. The zero-order valence-electron chi connectivity index (χ0n) is 10.4. The first kappa shape index (κ1) is 13.9. The van der Waals surface area contributed by atoms with Gasteiger partial charge in [-0.05, 0) is 6.92 Å². The van der Waals surface area contributed by atoms with E-state index < -0.39 is 41.5 Å². The van der Waals surface area contributed by atoms with E-state index in [0.717, 1.165) is 12.3 Å². The molecule has 2 heterocycles. The van der Waals surface area contributed by atoms with Crippen molar-refractivity contribution in [2.24, 2.45) is 5.92 Å². The number of ether oxygens (including phenoxy) is 1. The van der Waals surface area contributed by atoms with Gasteiger partial charge in [-0.15, -0.1) is 0 Å². The minimum atomic E-state index is -3.35. The van der Waals surface area contributed by atoms with Crippen molar-refractivity contribution < 1.29 is 18.6 Å². The van der Waals surface area contributed by atoms with Crippen LogP contribution < -0.4 is 11.2 Å². The summed E-state index contributed by atoms with van der Waals surface area (Å²) in [5, 5.41) is 9.20. The SMILES string of the molecule is C[C@H]1C(F)(F)[C@H](n2ccc(=O)[nH]c2=O)O[C@]1(C)CO. The maximum atomic E-state index is 14.2. The van der Waals surface area contributed by atoms with Gasteiger partial charge in [0.05, 0.1) is 18.1 Å². The molecule has 0 saturated carbocycles. The van der Waals surface area contributed by atoms with Gasteiger partial charge in [-0.3, -0.25) is 14.3 Å². The Bertz CT molecular complexity index is 597. The van der Waals surface area contributed by atoms with Gasteiger partial charge in [-0.25, -0.2) is 13.6 Å². The number of aliphatic hydroxyl groups excluding tert-OH is 1. The van der Waals surface area contributed by atoms with Gasteiger partial charge in [0.2, 0.25) is 6.23 Å². The topological polar surface area (TPSA) is 84.3 Å². The molecule has 1 aliphatic heterocycles. The largest absolute Gasteiger partial charge is 0.393 e. The van der Waals surface area contributed by atoms with Crippen molar-refractivity contribution >= 4 is 0 Å². The van der Waals surface area contributed by atoms with Gasteiger partial charge in [-0.2, -0.15) is 0 Å². The fourth-order valence-electron chi connectivity index (χ4n) is 2.08. The van der Waals surface area contributed by atoms with Crippen LogP contribution in [0.4, 0.5) is 8.78 Å². The monoisotopic (exact) mass is 276 g/mol. The molecule has 1 aromatic heterocycles. The molecule has 0 radical (unpaired) electrons. The van der Waals surface area contributed by atoms with Gasteiger partial charge < -0.3 is 9.84 Å². The average Bonchev–Trinajstić information content (AvgIpc) is 2.51.